The van der Waals surface area contributed by atoms with Crippen molar-refractivity contribution in [1.29, 1.82) is 0 Å². The van der Waals surface area contributed by atoms with E-state index in [9.17, 15) is 0 Å². The number of nitrogens with two attached hydrogens (primary N) is 1. The van der Waals surface area contributed by atoms with Gasteiger partial charge in [-0.2, -0.15) is 5.10 Å². The third kappa shape index (κ3) is 3.81. The summed E-state index contributed by atoms with van der Waals surface area (Å²) < 4.78 is 8.63. The summed E-state index contributed by atoms with van der Waals surface area (Å²) >= 11 is 3.53. The number of rotatable bonds is 5. The molecular weight excluding hydrogens is 306 g/mol. The first kappa shape index (κ1) is 14.1. The van der Waals surface area contributed by atoms with Crippen LogP contribution in [0.5, 0.6) is 5.75 Å². The van der Waals surface area contributed by atoms with Gasteiger partial charge >= 0.3 is 0 Å². The Labute approximate surface area is 121 Å². The molecule has 0 bridgehead atoms. The van der Waals surface area contributed by atoms with Crippen LogP contribution >= 0.6 is 15.9 Å². The second-order valence-corrected chi connectivity index (χ2v) is 5.57. The SMILES string of the molecule is CC(N)Cc1cccc(Br)c1OCc1cnn(C)c1. The quantitative estimate of drug-likeness (QED) is 0.920. The van der Waals surface area contributed by atoms with Gasteiger partial charge in [-0.15, -0.1) is 0 Å². The number of hydrogen-bond donors (Lipinski definition) is 1. The lowest BCUT2D eigenvalue weighted by atomic mass is 10.1. The molecule has 0 aliphatic carbocycles. The van der Waals surface area contributed by atoms with E-state index in [0.29, 0.717) is 6.61 Å². The van der Waals surface area contributed by atoms with E-state index in [0.717, 1.165) is 27.8 Å². The molecule has 5 heteroatoms. The molecule has 0 radical (unpaired) electrons. The fraction of sp³-hybridized carbons (Fsp3) is 0.357. The molecule has 0 aliphatic rings. The van der Waals surface area contributed by atoms with Crippen molar-refractivity contribution in [3.8, 4) is 5.75 Å². The summed E-state index contributed by atoms with van der Waals surface area (Å²) in [5.74, 6) is 0.864. The minimum atomic E-state index is 0.107. The Morgan fingerprint density at radius 3 is 2.89 bits per heavy atom. The highest BCUT2D eigenvalue weighted by Crippen LogP contribution is 2.30. The maximum Gasteiger partial charge on any atom is 0.137 e. The fourth-order valence-electron chi connectivity index (χ4n) is 1.92. The van der Waals surface area contributed by atoms with Crippen LogP contribution in [-0.2, 0) is 20.1 Å². The second kappa shape index (κ2) is 6.21. The molecule has 1 heterocycles. The molecule has 0 amide bonds. The van der Waals surface area contributed by atoms with Gasteiger partial charge in [0.25, 0.3) is 0 Å². The number of benzene rings is 1. The van der Waals surface area contributed by atoms with E-state index < -0.39 is 0 Å². The van der Waals surface area contributed by atoms with Gasteiger partial charge in [-0.1, -0.05) is 12.1 Å². The Kier molecular flexibility index (Phi) is 4.61. The van der Waals surface area contributed by atoms with Gasteiger partial charge < -0.3 is 10.5 Å². The minimum absolute atomic E-state index is 0.107. The Balaban J connectivity index is 2.14. The van der Waals surface area contributed by atoms with Gasteiger partial charge in [0.2, 0.25) is 0 Å². The first-order valence-electron chi connectivity index (χ1n) is 6.19. The van der Waals surface area contributed by atoms with Gasteiger partial charge in [0.1, 0.15) is 12.4 Å². The maximum absolute atomic E-state index is 5.91. The first-order valence-corrected chi connectivity index (χ1v) is 6.99. The summed E-state index contributed by atoms with van der Waals surface area (Å²) in [7, 11) is 1.89. The zero-order valence-corrected chi connectivity index (χ0v) is 12.7. The summed E-state index contributed by atoms with van der Waals surface area (Å²) in [6.45, 7) is 2.49. The van der Waals surface area contributed by atoms with Crippen molar-refractivity contribution in [2.24, 2.45) is 12.8 Å². The Morgan fingerprint density at radius 1 is 1.47 bits per heavy atom. The monoisotopic (exact) mass is 323 g/mol. The molecular formula is C14H18BrN3O. The van der Waals surface area contributed by atoms with Gasteiger partial charge in [0.05, 0.1) is 10.7 Å². The first-order chi connectivity index (χ1) is 9.06. The smallest absolute Gasteiger partial charge is 0.137 e. The molecule has 2 rings (SSSR count). The molecule has 1 aromatic carbocycles. The lowest BCUT2D eigenvalue weighted by Gasteiger charge is -2.14. The van der Waals surface area contributed by atoms with E-state index in [2.05, 4.69) is 21.0 Å². The fourth-order valence-corrected chi connectivity index (χ4v) is 2.45. The van der Waals surface area contributed by atoms with Crippen LogP contribution in [0.2, 0.25) is 0 Å². The standard InChI is InChI=1S/C14H18BrN3O/c1-10(16)6-12-4-3-5-13(15)14(12)19-9-11-7-17-18(2)8-11/h3-5,7-8,10H,6,9,16H2,1-2H3. The van der Waals surface area contributed by atoms with Crippen molar-refractivity contribution in [2.75, 3.05) is 0 Å². The van der Waals surface area contributed by atoms with Crippen molar-refractivity contribution >= 4 is 15.9 Å². The third-order valence-corrected chi connectivity index (χ3v) is 3.36. The van der Waals surface area contributed by atoms with Gasteiger partial charge in [-0.3, -0.25) is 4.68 Å². The number of halogens is 1. The zero-order valence-electron chi connectivity index (χ0n) is 11.1. The second-order valence-electron chi connectivity index (χ2n) is 4.72. The van der Waals surface area contributed by atoms with Crippen LogP contribution in [0, 0.1) is 0 Å². The molecule has 0 spiro atoms. The number of aryl methyl sites for hydroxylation is 1. The molecule has 4 nitrogen and oxygen atoms in total. The van der Waals surface area contributed by atoms with Crippen molar-refractivity contribution in [3.63, 3.8) is 0 Å². The van der Waals surface area contributed by atoms with E-state index in [1.165, 1.54) is 0 Å². The number of ether oxygens (including phenoxy) is 1. The zero-order chi connectivity index (χ0) is 13.8. The third-order valence-electron chi connectivity index (χ3n) is 2.73. The average Bonchev–Trinajstić information content (AvgIpc) is 2.73. The molecule has 102 valence electrons. The van der Waals surface area contributed by atoms with Gasteiger partial charge in [-0.25, -0.2) is 0 Å². The van der Waals surface area contributed by atoms with Crippen LogP contribution in [-0.4, -0.2) is 15.8 Å². The lowest BCUT2D eigenvalue weighted by molar-refractivity contribution is 0.300. The van der Waals surface area contributed by atoms with E-state index in [-0.39, 0.29) is 6.04 Å². The topological polar surface area (TPSA) is 53.1 Å². The normalized spacial score (nSPS) is 12.4. The lowest BCUT2D eigenvalue weighted by Crippen LogP contribution is -2.18. The highest BCUT2D eigenvalue weighted by atomic mass is 79.9. The maximum atomic E-state index is 5.91. The number of aromatic nitrogens is 2. The Morgan fingerprint density at radius 2 is 2.26 bits per heavy atom. The Hall–Kier alpha value is -1.33. The molecule has 1 atom stereocenters. The number of para-hydroxylation sites is 1. The molecule has 0 saturated heterocycles. The highest BCUT2D eigenvalue weighted by Gasteiger charge is 2.10. The molecule has 0 fully saturated rings. The van der Waals surface area contributed by atoms with Gasteiger partial charge in [-0.05, 0) is 40.9 Å². The van der Waals surface area contributed by atoms with Crippen LogP contribution in [0.15, 0.2) is 35.1 Å². The number of hydrogen-bond acceptors (Lipinski definition) is 3. The van der Waals surface area contributed by atoms with E-state index in [1.54, 1.807) is 4.68 Å². The van der Waals surface area contributed by atoms with Crippen LogP contribution in [0.1, 0.15) is 18.1 Å². The van der Waals surface area contributed by atoms with Crippen LogP contribution < -0.4 is 10.5 Å². The Bertz CT molecular complexity index is 551. The van der Waals surface area contributed by atoms with Crippen molar-refractivity contribution in [3.05, 3.63) is 46.2 Å². The van der Waals surface area contributed by atoms with Crippen molar-refractivity contribution in [1.82, 2.24) is 9.78 Å². The average molecular weight is 324 g/mol. The molecule has 0 saturated carbocycles. The van der Waals surface area contributed by atoms with Crippen LogP contribution in [0.3, 0.4) is 0 Å². The molecule has 19 heavy (non-hydrogen) atoms. The van der Waals surface area contributed by atoms with Crippen molar-refractivity contribution < 1.29 is 4.74 Å². The largest absolute Gasteiger partial charge is 0.487 e. The predicted molar refractivity (Wildman–Crippen MR) is 79.0 cm³/mol. The summed E-state index contributed by atoms with van der Waals surface area (Å²) in [6.07, 6.45) is 4.55. The number of nitrogens with zero attached hydrogens (tertiary/aromatic N) is 2. The molecule has 1 aromatic heterocycles. The highest BCUT2D eigenvalue weighted by molar-refractivity contribution is 9.10. The van der Waals surface area contributed by atoms with Gasteiger partial charge in [0, 0.05) is 24.8 Å². The summed E-state index contributed by atoms with van der Waals surface area (Å²) in [6, 6.07) is 6.13. The summed E-state index contributed by atoms with van der Waals surface area (Å²) in [5.41, 5.74) is 8.03. The molecule has 2 aromatic rings. The van der Waals surface area contributed by atoms with E-state index in [4.69, 9.17) is 10.5 Å². The minimum Gasteiger partial charge on any atom is -0.487 e. The van der Waals surface area contributed by atoms with Crippen molar-refractivity contribution in [2.45, 2.75) is 26.0 Å². The van der Waals surface area contributed by atoms with E-state index in [1.807, 2.05) is 44.6 Å². The van der Waals surface area contributed by atoms with Crippen LogP contribution in [0.25, 0.3) is 0 Å². The van der Waals surface area contributed by atoms with Gasteiger partial charge in [0.15, 0.2) is 0 Å². The molecule has 0 aliphatic heterocycles. The predicted octanol–water partition coefficient (Wildman–Crippen LogP) is 2.65. The molecule has 2 N–H and O–H groups in total. The molecule has 1 unspecified atom stereocenters. The van der Waals surface area contributed by atoms with Crippen LogP contribution in [0.4, 0.5) is 0 Å². The van der Waals surface area contributed by atoms with E-state index >= 15 is 0 Å². The summed E-state index contributed by atoms with van der Waals surface area (Å²) in [4.78, 5) is 0. The summed E-state index contributed by atoms with van der Waals surface area (Å²) in [5, 5.41) is 4.13.